The lowest BCUT2D eigenvalue weighted by molar-refractivity contribution is -0.268. The zero-order chi connectivity index (χ0) is 10.8. The van der Waals surface area contributed by atoms with Gasteiger partial charge in [-0.3, -0.25) is 4.89 Å². The highest BCUT2D eigenvalue weighted by Gasteiger charge is 2.05. The highest BCUT2D eigenvalue weighted by Crippen LogP contribution is 2.00. The predicted molar refractivity (Wildman–Crippen MR) is 55.6 cm³/mol. The van der Waals surface area contributed by atoms with Crippen molar-refractivity contribution in [1.82, 2.24) is 0 Å². The molecule has 0 unspecified atom stereocenters. The first kappa shape index (κ1) is 13.2. The van der Waals surface area contributed by atoms with Gasteiger partial charge in [-0.15, -0.1) is 0 Å². The Bertz CT molecular complexity index is 185. The molecule has 0 radical (unpaired) electrons. The zero-order valence-corrected chi connectivity index (χ0v) is 9.34. The van der Waals surface area contributed by atoms with Crippen LogP contribution in [0.5, 0.6) is 0 Å². The van der Waals surface area contributed by atoms with Gasteiger partial charge in [-0.25, -0.2) is 4.79 Å². The zero-order valence-electron chi connectivity index (χ0n) is 9.34. The van der Waals surface area contributed by atoms with E-state index in [0.29, 0.717) is 12.2 Å². The van der Waals surface area contributed by atoms with Crippen LogP contribution in [0.25, 0.3) is 0 Å². The summed E-state index contributed by atoms with van der Waals surface area (Å²) in [5.41, 5.74) is 0.600. The molecule has 0 aliphatic carbocycles. The van der Waals surface area contributed by atoms with Gasteiger partial charge in [0, 0.05) is 5.57 Å². The van der Waals surface area contributed by atoms with Crippen molar-refractivity contribution in [2.75, 3.05) is 6.61 Å². The summed E-state index contributed by atoms with van der Waals surface area (Å²) < 4.78 is 0. The monoisotopic (exact) mass is 200 g/mol. The molecule has 0 amide bonds. The van der Waals surface area contributed by atoms with E-state index in [2.05, 4.69) is 11.8 Å². The van der Waals surface area contributed by atoms with Gasteiger partial charge in [-0.05, 0) is 19.8 Å². The molecule has 0 aromatic rings. The van der Waals surface area contributed by atoms with E-state index in [1.807, 2.05) is 13.0 Å². The Kier molecular flexibility index (Phi) is 8.24. The molecule has 0 aromatic carbocycles. The van der Waals surface area contributed by atoms with Gasteiger partial charge in [0.15, 0.2) is 0 Å². The summed E-state index contributed by atoms with van der Waals surface area (Å²) in [6.45, 7) is 6.29. The highest BCUT2D eigenvalue weighted by molar-refractivity contribution is 5.87. The summed E-state index contributed by atoms with van der Waals surface area (Å²) in [5, 5.41) is 0. The maximum Gasteiger partial charge on any atom is 0.368 e. The fraction of sp³-hybridized carbons (Fsp3) is 0.727. The lowest BCUT2D eigenvalue weighted by Gasteiger charge is -2.02. The van der Waals surface area contributed by atoms with Gasteiger partial charge < -0.3 is 0 Å². The van der Waals surface area contributed by atoms with Gasteiger partial charge in [0.25, 0.3) is 0 Å². The largest absolute Gasteiger partial charge is 0.368 e. The minimum Gasteiger partial charge on any atom is -0.293 e. The molecule has 3 nitrogen and oxygen atoms in total. The molecule has 0 saturated heterocycles. The van der Waals surface area contributed by atoms with Crippen LogP contribution in [0.3, 0.4) is 0 Å². The number of carbonyl (C=O) groups is 1. The van der Waals surface area contributed by atoms with Crippen LogP contribution in [-0.4, -0.2) is 12.6 Å². The summed E-state index contributed by atoms with van der Waals surface area (Å²) in [5.74, 6) is -0.386. The summed E-state index contributed by atoms with van der Waals surface area (Å²) >= 11 is 0. The standard InChI is InChI=1S/C11H20O3/c1-4-6-7-9-13-14-11(12)10(3)8-5-2/h8H,4-7,9H2,1-3H3. The summed E-state index contributed by atoms with van der Waals surface area (Å²) in [7, 11) is 0. The molecule has 82 valence electrons. The van der Waals surface area contributed by atoms with Gasteiger partial charge in [-0.2, -0.15) is 4.89 Å². The molecule has 0 spiro atoms. The van der Waals surface area contributed by atoms with Crippen LogP contribution in [0.2, 0.25) is 0 Å². The van der Waals surface area contributed by atoms with Crippen molar-refractivity contribution >= 4 is 5.97 Å². The van der Waals surface area contributed by atoms with Crippen LogP contribution < -0.4 is 0 Å². The molecule has 0 N–H and O–H groups in total. The molecule has 0 saturated carbocycles. The number of carbonyl (C=O) groups excluding carboxylic acids is 1. The molecule has 0 heterocycles. The topological polar surface area (TPSA) is 35.5 Å². The molecule has 0 rings (SSSR count). The third-order valence-corrected chi connectivity index (χ3v) is 1.80. The predicted octanol–water partition coefficient (Wildman–Crippen LogP) is 3.01. The van der Waals surface area contributed by atoms with Gasteiger partial charge >= 0.3 is 5.97 Å². The van der Waals surface area contributed by atoms with Crippen LogP contribution >= 0.6 is 0 Å². The Morgan fingerprint density at radius 3 is 2.57 bits per heavy atom. The second-order valence-electron chi connectivity index (χ2n) is 3.20. The van der Waals surface area contributed by atoms with Crippen LogP contribution in [0.15, 0.2) is 11.6 Å². The number of rotatable bonds is 7. The Labute approximate surface area is 86.0 Å². The summed E-state index contributed by atoms with van der Waals surface area (Å²) in [4.78, 5) is 20.5. The minimum absolute atomic E-state index is 0.386. The number of hydrogen-bond acceptors (Lipinski definition) is 3. The van der Waals surface area contributed by atoms with E-state index >= 15 is 0 Å². The highest BCUT2D eigenvalue weighted by atomic mass is 17.2. The normalized spacial score (nSPS) is 11.5. The summed E-state index contributed by atoms with van der Waals surface area (Å²) in [6, 6.07) is 0. The third kappa shape index (κ3) is 6.66. The minimum atomic E-state index is -0.386. The van der Waals surface area contributed by atoms with Crippen molar-refractivity contribution in [3.63, 3.8) is 0 Å². The lowest BCUT2D eigenvalue weighted by Crippen LogP contribution is -2.07. The number of hydrogen-bond donors (Lipinski definition) is 0. The lowest BCUT2D eigenvalue weighted by atomic mass is 10.2. The fourth-order valence-corrected chi connectivity index (χ4v) is 0.961. The first-order valence-electron chi connectivity index (χ1n) is 5.22. The average molecular weight is 200 g/mol. The Morgan fingerprint density at radius 1 is 1.29 bits per heavy atom. The van der Waals surface area contributed by atoms with E-state index in [-0.39, 0.29) is 5.97 Å². The second-order valence-corrected chi connectivity index (χ2v) is 3.20. The smallest absolute Gasteiger partial charge is 0.293 e. The number of unbranched alkanes of at least 4 members (excludes halogenated alkanes) is 2. The Morgan fingerprint density at radius 2 is 2.00 bits per heavy atom. The number of allylic oxidation sites excluding steroid dienone is 1. The SMILES string of the molecule is CCC=C(C)C(=O)OOCCCCC. The molecular formula is C11H20O3. The first-order chi connectivity index (χ1) is 6.72. The van der Waals surface area contributed by atoms with Gasteiger partial charge in [-0.1, -0.05) is 32.8 Å². The maximum absolute atomic E-state index is 11.2. The van der Waals surface area contributed by atoms with Gasteiger partial charge in [0.05, 0.1) is 6.61 Å². The average Bonchev–Trinajstić information content (AvgIpc) is 2.17. The van der Waals surface area contributed by atoms with Crippen molar-refractivity contribution in [2.24, 2.45) is 0 Å². The fourth-order valence-electron chi connectivity index (χ4n) is 0.961. The molecule has 14 heavy (non-hydrogen) atoms. The van der Waals surface area contributed by atoms with Crippen molar-refractivity contribution in [1.29, 1.82) is 0 Å². The molecule has 0 atom stereocenters. The van der Waals surface area contributed by atoms with Crippen LogP contribution in [0, 0.1) is 0 Å². The molecule has 0 aromatic heterocycles. The third-order valence-electron chi connectivity index (χ3n) is 1.80. The van der Waals surface area contributed by atoms with E-state index in [0.717, 1.165) is 25.7 Å². The van der Waals surface area contributed by atoms with Crippen LogP contribution in [0.4, 0.5) is 0 Å². The van der Waals surface area contributed by atoms with Crippen LogP contribution in [-0.2, 0) is 14.6 Å². The maximum atomic E-state index is 11.2. The van der Waals surface area contributed by atoms with E-state index in [1.165, 1.54) is 0 Å². The van der Waals surface area contributed by atoms with Crippen molar-refractivity contribution in [2.45, 2.75) is 46.5 Å². The quantitative estimate of drug-likeness (QED) is 0.274. The molecule has 0 bridgehead atoms. The molecular weight excluding hydrogens is 180 g/mol. The van der Waals surface area contributed by atoms with Crippen molar-refractivity contribution in [3.8, 4) is 0 Å². The van der Waals surface area contributed by atoms with E-state index in [4.69, 9.17) is 4.89 Å². The van der Waals surface area contributed by atoms with Crippen molar-refractivity contribution < 1.29 is 14.6 Å². The molecule has 0 aliphatic heterocycles. The van der Waals surface area contributed by atoms with Gasteiger partial charge in [0.2, 0.25) is 0 Å². The van der Waals surface area contributed by atoms with E-state index < -0.39 is 0 Å². The Balaban J connectivity index is 3.49. The first-order valence-corrected chi connectivity index (χ1v) is 5.22. The van der Waals surface area contributed by atoms with Crippen LogP contribution in [0.1, 0.15) is 46.5 Å². The van der Waals surface area contributed by atoms with Crippen molar-refractivity contribution in [3.05, 3.63) is 11.6 Å². The van der Waals surface area contributed by atoms with Gasteiger partial charge in [0.1, 0.15) is 0 Å². The van der Waals surface area contributed by atoms with E-state index in [1.54, 1.807) is 6.92 Å². The Hall–Kier alpha value is -0.830. The summed E-state index contributed by atoms with van der Waals surface area (Å²) in [6.07, 6.45) is 5.81. The van der Waals surface area contributed by atoms with E-state index in [9.17, 15) is 4.79 Å². The molecule has 0 aliphatic rings. The second kappa shape index (κ2) is 8.75. The molecule has 3 heteroatoms. The molecule has 0 fully saturated rings.